The second-order valence-electron chi connectivity index (χ2n) is 4.21. The van der Waals surface area contributed by atoms with Gasteiger partial charge in [0.15, 0.2) is 0 Å². The molecule has 0 saturated carbocycles. The van der Waals surface area contributed by atoms with Gasteiger partial charge in [-0.1, -0.05) is 6.92 Å². The summed E-state index contributed by atoms with van der Waals surface area (Å²) in [7, 11) is 0. The molecule has 0 aliphatic heterocycles. The van der Waals surface area contributed by atoms with Crippen LogP contribution in [0.2, 0.25) is 0 Å². The first kappa shape index (κ1) is 16.2. The minimum Gasteiger partial charge on any atom is -0.299 e. The van der Waals surface area contributed by atoms with Crippen molar-refractivity contribution in [2.45, 2.75) is 52.3 Å². The molecule has 1 aromatic rings. The van der Waals surface area contributed by atoms with Crippen LogP contribution in [0.4, 0.5) is 13.2 Å². The molecule has 0 N–H and O–H groups in total. The quantitative estimate of drug-likeness (QED) is 0.791. The highest BCUT2D eigenvalue weighted by atomic mass is 79.9. The summed E-state index contributed by atoms with van der Waals surface area (Å²) in [6.45, 7) is 4.39. The van der Waals surface area contributed by atoms with Crippen molar-refractivity contribution < 1.29 is 18.0 Å². The maximum Gasteiger partial charge on any atom is 0.389 e. The number of hydrogen-bond acceptors (Lipinski definition) is 2. The number of halogens is 4. The number of aryl methyl sites for hydroxylation is 2. The first-order valence-electron chi connectivity index (χ1n) is 6.11. The van der Waals surface area contributed by atoms with Crippen LogP contribution < -0.4 is 0 Å². The van der Waals surface area contributed by atoms with Crippen molar-refractivity contribution >= 4 is 21.7 Å². The summed E-state index contributed by atoms with van der Waals surface area (Å²) in [6, 6.07) is 0. The largest absolute Gasteiger partial charge is 0.389 e. The Morgan fingerprint density at radius 1 is 1.37 bits per heavy atom. The number of rotatable bonds is 6. The normalized spacial score (nSPS) is 11.9. The van der Waals surface area contributed by atoms with E-state index in [9.17, 15) is 18.0 Å². The third-order valence-electron chi connectivity index (χ3n) is 2.75. The van der Waals surface area contributed by atoms with E-state index in [1.807, 2.05) is 13.8 Å². The molecule has 0 fully saturated rings. The van der Waals surface area contributed by atoms with Gasteiger partial charge in [-0.15, -0.1) is 0 Å². The number of Topliss-reactive ketones (excluding diaryl/α,β-unsaturated/α-hetero) is 1. The Balaban J connectivity index is 2.76. The van der Waals surface area contributed by atoms with Crippen LogP contribution in [-0.2, 0) is 24.2 Å². The van der Waals surface area contributed by atoms with Crippen LogP contribution in [0.5, 0.6) is 0 Å². The zero-order valence-corrected chi connectivity index (χ0v) is 12.4. The van der Waals surface area contributed by atoms with Crippen molar-refractivity contribution in [2.75, 3.05) is 0 Å². The molecule has 1 rings (SSSR count). The summed E-state index contributed by atoms with van der Waals surface area (Å²) in [5.74, 6) is -0.421. The van der Waals surface area contributed by atoms with Gasteiger partial charge in [0.1, 0.15) is 5.78 Å². The first-order chi connectivity index (χ1) is 8.78. The van der Waals surface area contributed by atoms with Gasteiger partial charge in [0.05, 0.1) is 22.3 Å². The second-order valence-corrected chi connectivity index (χ2v) is 5.00. The molecule has 0 amide bonds. The Bertz CT molecular complexity index is 455. The minimum absolute atomic E-state index is 0.0164. The van der Waals surface area contributed by atoms with E-state index in [-0.39, 0.29) is 6.42 Å². The number of carbonyl (C=O) groups is 1. The molecule has 108 valence electrons. The lowest BCUT2D eigenvalue weighted by atomic mass is 10.1. The van der Waals surface area contributed by atoms with Gasteiger partial charge in [-0.2, -0.15) is 18.3 Å². The van der Waals surface area contributed by atoms with Gasteiger partial charge in [-0.25, -0.2) is 0 Å². The SMILES string of the molecule is CCc1nn(CC)c(CC(=O)CCC(F)(F)F)c1Br. The van der Waals surface area contributed by atoms with Gasteiger partial charge < -0.3 is 0 Å². The predicted molar refractivity (Wildman–Crippen MR) is 69.0 cm³/mol. The summed E-state index contributed by atoms with van der Waals surface area (Å²) in [5, 5.41) is 4.30. The molecule has 0 bridgehead atoms. The predicted octanol–water partition coefficient (Wildman–Crippen LogP) is 3.68. The Hall–Kier alpha value is -0.850. The monoisotopic (exact) mass is 340 g/mol. The van der Waals surface area contributed by atoms with E-state index in [0.717, 1.165) is 10.2 Å². The molecule has 0 aromatic carbocycles. The van der Waals surface area contributed by atoms with Gasteiger partial charge in [0.25, 0.3) is 0 Å². The van der Waals surface area contributed by atoms with Gasteiger partial charge >= 0.3 is 6.18 Å². The van der Waals surface area contributed by atoms with E-state index in [2.05, 4.69) is 21.0 Å². The van der Waals surface area contributed by atoms with Crippen LogP contribution in [0.25, 0.3) is 0 Å². The Morgan fingerprint density at radius 3 is 2.47 bits per heavy atom. The van der Waals surface area contributed by atoms with E-state index >= 15 is 0 Å². The molecule has 1 heterocycles. The Morgan fingerprint density at radius 2 is 2.00 bits per heavy atom. The van der Waals surface area contributed by atoms with E-state index < -0.39 is 24.8 Å². The van der Waals surface area contributed by atoms with E-state index in [4.69, 9.17) is 0 Å². The van der Waals surface area contributed by atoms with Crippen molar-refractivity contribution in [3.05, 3.63) is 15.9 Å². The zero-order valence-electron chi connectivity index (χ0n) is 10.9. The maximum atomic E-state index is 12.1. The molecule has 0 spiro atoms. The lowest BCUT2D eigenvalue weighted by Crippen LogP contribution is -2.14. The molecule has 1 aromatic heterocycles. The summed E-state index contributed by atoms with van der Waals surface area (Å²) in [5.41, 5.74) is 1.48. The van der Waals surface area contributed by atoms with Crippen LogP contribution in [-0.4, -0.2) is 21.7 Å². The highest BCUT2D eigenvalue weighted by Gasteiger charge is 2.28. The number of nitrogens with zero attached hydrogens (tertiary/aromatic N) is 2. The lowest BCUT2D eigenvalue weighted by molar-refractivity contribution is -0.143. The fraction of sp³-hybridized carbons (Fsp3) is 0.667. The fourth-order valence-corrected chi connectivity index (χ4v) is 2.45. The van der Waals surface area contributed by atoms with Crippen molar-refractivity contribution in [3.63, 3.8) is 0 Å². The lowest BCUT2D eigenvalue weighted by Gasteiger charge is -2.07. The van der Waals surface area contributed by atoms with E-state index in [0.29, 0.717) is 18.7 Å². The molecule has 7 heteroatoms. The van der Waals surface area contributed by atoms with Gasteiger partial charge in [0, 0.05) is 19.4 Å². The Kier molecular flexibility index (Phi) is 5.58. The average Bonchev–Trinajstić information content (AvgIpc) is 2.63. The molecule has 0 unspecified atom stereocenters. The molecular formula is C12H16BrF3N2O. The van der Waals surface area contributed by atoms with Gasteiger partial charge in [-0.05, 0) is 29.3 Å². The van der Waals surface area contributed by atoms with Gasteiger partial charge in [0.2, 0.25) is 0 Å². The van der Waals surface area contributed by atoms with Crippen molar-refractivity contribution in [3.8, 4) is 0 Å². The molecule has 0 radical (unpaired) electrons. The first-order valence-corrected chi connectivity index (χ1v) is 6.90. The summed E-state index contributed by atoms with van der Waals surface area (Å²) >= 11 is 3.36. The highest BCUT2D eigenvalue weighted by Crippen LogP contribution is 2.25. The van der Waals surface area contributed by atoms with Gasteiger partial charge in [-0.3, -0.25) is 9.48 Å². The molecule has 0 aliphatic carbocycles. The number of hydrogen-bond donors (Lipinski definition) is 0. The fourth-order valence-electron chi connectivity index (χ4n) is 1.74. The Labute approximate surface area is 118 Å². The number of ketones is 1. The second kappa shape index (κ2) is 6.54. The smallest absolute Gasteiger partial charge is 0.299 e. The van der Waals surface area contributed by atoms with Crippen LogP contribution in [0.15, 0.2) is 4.47 Å². The van der Waals surface area contributed by atoms with Crippen LogP contribution in [0.3, 0.4) is 0 Å². The highest BCUT2D eigenvalue weighted by molar-refractivity contribution is 9.10. The minimum atomic E-state index is -4.29. The average molecular weight is 341 g/mol. The van der Waals surface area contributed by atoms with Crippen LogP contribution in [0, 0.1) is 0 Å². The maximum absolute atomic E-state index is 12.1. The van der Waals surface area contributed by atoms with E-state index in [1.54, 1.807) is 4.68 Å². The molecule has 0 atom stereocenters. The topological polar surface area (TPSA) is 34.9 Å². The number of carbonyl (C=O) groups excluding carboxylic acids is 1. The van der Waals surface area contributed by atoms with Crippen molar-refractivity contribution in [2.24, 2.45) is 0 Å². The summed E-state index contributed by atoms with van der Waals surface area (Å²) in [4.78, 5) is 11.6. The number of aromatic nitrogens is 2. The standard InChI is InChI=1S/C12H16BrF3N2O/c1-3-9-11(13)10(18(4-2)17-9)7-8(19)5-6-12(14,15)16/h3-7H2,1-2H3. The number of alkyl halides is 3. The zero-order chi connectivity index (χ0) is 14.6. The molecule has 19 heavy (non-hydrogen) atoms. The third-order valence-corrected chi connectivity index (χ3v) is 3.66. The van der Waals surface area contributed by atoms with E-state index in [1.165, 1.54) is 0 Å². The molecule has 0 saturated heterocycles. The summed E-state index contributed by atoms with van der Waals surface area (Å²) in [6.07, 6.45) is -5.14. The molecule has 3 nitrogen and oxygen atoms in total. The molecular weight excluding hydrogens is 325 g/mol. The van der Waals surface area contributed by atoms with Crippen molar-refractivity contribution in [1.29, 1.82) is 0 Å². The third kappa shape index (κ3) is 4.63. The van der Waals surface area contributed by atoms with Crippen molar-refractivity contribution in [1.82, 2.24) is 9.78 Å². The van der Waals surface area contributed by atoms with Crippen LogP contribution >= 0.6 is 15.9 Å². The van der Waals surface area contributed by atoms with Crippen LogP contribution in [0.1, 0.15) is 38.1 Å². The summed E-state index contributed by atoms with van der Waals surface area (Å²) < 4.78 is 38.6. The molecule has 0 aliphatic rings.